The lowest BCUT2D eigenvalue weighted by Gasteiger charge is -2.17. The topological polar surface area (TPSA) is 37.9 Å². The zero-order valence-corrected chi connectivity index (χ0v) is 14.4. The summed E-state index contributed by atoms with van der Waals surface area (Å²) in [5.74, 6) is 1.32. The standard InChI is InChI=1S/C16H21N3O.BrH/c1-16(2,3)14(20)11-19-13-8-5-4-7-12(13)18-10-6-9-17-15(18)19;/h4-5,7-8H,6,9-11H2,1-3H3;1H. The minimum absolute atomic E-state index is 0. The Morgan fingerprint density at radius 1 is 1.33 bits per heavy atom. The first kappa shape index (κ1) is 16.0. The highest BCUT2D eigenvalue weighted by Crippen LogP contribution is 2.23. The van der Waals surface area contributed by atoms with Gasteiger partial charge in [0.1, 0.15) is 17.6 Å². The van der Waals surface area contributed by atoms with Crippen molar-refractivity contribution in [3.8, 4) is 0 Å². The third-order valence-electron chi connectivity index (χ3n) is 3.95. The average molecular weight is 352 g/mol. The highest BCUT2D eigenvalue weighted by atomic mass is 79.9. The van der Waals surface area contributed by atoms with E-state index in [2.05, 4.69) is 32.7 Å². The van der Waals surface area contributed by atoms with E-state index in [1.807, 2.05) is 26.8 Å². The number of ketones is 1. The Morgan fingerprint density at radius 3 is 2.76 bits per heavy atom. The molecule has 0 bridgehead atoms. The number of fused-ring (bicyclic) bond motifs is 3. The predicted octanol–water partition coefficient (Wildman–Crippen LogP) is -0.636. The number of anilines is 1. The van der Waals surface area contributed by atoms with Gasteiger partial charge in [-0.1, -0.05) is 32.9 Å². The third-order valence-corrected chi connectivity index (χ3v) is 3.95. The molecule has 114 valence electrons. The number of hydrogen-bond acceptors (Lipinski definition) is 2. The van der Waals surface area contributed by atoms with Crippen molar-refractivity contribution in [2.24, 2.45) is 5.41 Å². The van der Waals surface area contributed by atoms with Crippen molar-refractivity contribution in [2.75, 3.05) is 11.9 Å². The van der Waals surface area contributed by atoms with Gasteiger partial charge in [0, 0.05) is 11.8 Å². The summed E-state index contributed by atoms with van der Waals surface area (Å²) in [6, 6.07) is 8.31. The Bertz CT molecular complexity index is 670. The summed E-state index contributed by atoms with van der Waals surface area (Å²) in [4.78, 5) is 12.4. The highest BCUT2D eigenvalue weighted by molar-refractivity contribution is 5.86. The number of para-hydroxylation sites is 2. The van der Waals surface area contributed by atoms with Crippen LogP contribution in [0.4, 0.5) is 5.95 Å². The molecule has 4 nitrogen and oxygen atoms in total. The van der Waals surface area contributed by atoms with Gasteiger partial charge in [0.25, 0.3) is 0 Å². The summed E-state index contributed by atoms with van der Waals surface area (Å²) < 4.78 is 4.41. The number of nitrogens with one attached hydrogen (secondary N) is 1. The molecule has 0 spiro atoms. The molecule has 0 unspecified atom stereocenters. The molecule has 0 saturated heterocycles. The first-order chi connectivity index (χ1) is 9.48. The van der Waals surface area contributed by atoms with Gasteiger partial charge < -0.3 is 17.0 Å². The number of carbonyl (C=O) groups excluding carboxylic acids is 1. The number of benzene rings is 1. The van der Waals surface area contributed by atoms with E-state index < -0.39 is 0 Å². The Morgan fingerprint density at radius 2 is 2.05 bits per heavy atom. The summed E-state index contributed by atoms with van der Waals surface area (Å²) >= 11 is 0. The molecule has 5 heteroatoms. The van der Waals surface area contributed by atoms with E-state index in [1.165, 1.54) is 5.52 Å². The van der Waals surface area contributed by atoms with Gasteiger partial charge in [-0.05, 0) is 12.1 Å². The number of rotatable bonds is 2. The van der Waals surface area contributed by atoms with E-state index in [1.54, 1.807) is 0 Å². The Labute approximate surface area is 135 Å². The van der Waals surface area contributed by atoms with E-state index in [0.29, 0.717) is 6.54 Å². The molecule has 0 atom stereocenters. The SMILES string of the molecule is CC(C)(C)C(=O)Cn1c2[n+](c3ccccc31)CCCN2.[Br-]. The number of imidazole rings is 1. The molecule has 0 saturated carbocycles. The Balaban J connectivity index is 0.00000161. The lowest BCUT2D eigenvalue weighted by molar-refractivity contribution is -0.661. The predicted molar refractivity (Wildman–Crippen MR) is 79.7 cm³/mol. The van der Waals surface area contributed by atoms with Gasteiger partial charge in [-0.3, -0.25) is 10.1 Å². The molecule has 0 radical (unpaired) electrons. The maximum atomic E-state index is 12.4. The molecule has 0 aliphatic carbocycles. The van der Waals surface area contributed by atoms with Crippen LogP contribution < -0.4 is 26.9 Å². The van der Waals surface area contributed by atoms with Crippen LogP contribution in [0.1, 0.15) is 27.2 Å². The van der Waals surface area contributed by atoms with Crippen molar-refractivity contribution < 1.29 is 26.3 Å². The van der Waals surface area contributed by atoms with Crippen LogP contribution in [0.2, 0.25) is 0 Å². The molecule has 0 fully saturated rings. The van der Waals surface area contributed by atoms with Crippen LogP contribution in [-0.4, -0.2) is 16.9 Å². The summed E-state index contributed by atoms with van der Waals surface area (Å²) in [5.41, 5.74) is 2.03. The van der Waals surface area contributed by atoms with Gasteiger partial charge in [0.05, 0.1) is 13.1 Å². The zero-order valence-electron chi connectivity index (χ0n) is 12.8. The summed E-state index contributed by atoms with van der Waals surface area (Å²) in [6.45, 7) is 8.36. The largest absolute Gasteiger partial charge is 1.00 e. The van der Waals surface area contributed by atoms with Crippen molar-refractivity contribution in [3.05, 3.63) is 24.3 Å². The van der Waals surface area contributed by atoms with Crippen molar-refractivity contribution >= 4 is 22.8 Å². The second-order valence-corrected chi connectivity index (χ2v) is 6.50. The number of aromatic nitrogens is 2. The first-order valence-corrected chi connectivity index (χ1v) is 7.27. The second kappa shape index (κ2) is 5.79. The lowest BCUT2D eigenvalue weighted by Crippen LogP contribution is -3.00. The van der Waals surface area contributed by atoms with Crippen molar-refractivity contribution in [3.63, 3.8) is 0 Å². The fourth-order valence-corrected chi connectivity index (χ4v) is 2.69. The van der Waals surface area contributed by atoms with E-state index in [0.717, 1.165) is 31.0 Å². The number of Topliss-reactive ketones (excluding diaryl/α,β-unsaturated/α-hetero) is 1. The maximum absolute atomic E-state index is 12.4. The quantitative estimate of drug-likeness (QED) is 0.731. The monoisotopic (exact) mass is 351 g/mol. The molecule has 1 aliphatic heterocycles. The number of nitrogens with zero attached hydrogens (tertiary/aromatic N) is 2. The molecule has 1 N–H and O–H groups in total. The van der Waals surface area contributed by atoms with Crippen molar-refractivity contribution in [1.29, 1.82) is 0 Å². The van der Waals surface area contributed by atoms with Crippen molar-refractivity contribution in [1.82, 2.24) is 4.57 Å². The maximum Gasteiger partial charge on any atom is 0.358 e. The second-order valence-electron chi connectivity index (χ2n) is 6.50. The molecule has 1 aromatic carbocycles. The zero-order chi connectivity index (χ0) is 14.3. The van der Waals surface area contributed by atoms with Gasteiger partial charge in [-0.25, -0.2) is 9.13 Å². The van der Waals surface area contributed by atoms with Gasteiger partial charge in [0.15, 0.2) is 5.78 Å². The molecule has 2 aromatic rings. The fourth-order valence-electron chi connectivity index (χ4n) is 2.69. The number of hydrogen-bond donors (Lipinski definition) is 1. The minimum atomic E-state index is -0.308. The molecule has 21 heavy (non-hydrogen) atoms. The van der Waals surface area contributed by atoms with E-state index in [-0.39, 0.29) is 28.2 Å². The smallest absolute Gasteiger partial charge is 0.358 e. The summed E-state index contributed by atoms with van der Waals surface area (Å²) in [5, 5.41) is 3.45. The summed E-state index contributed by atoms with van der Waals surface area (Å²) in [6.07, 6.45) is 1.12. The molecule has 2 heterocycles. The third kappa shape index (κ3) is 2.84. The van der Waals surface area contributed by atoms with Gasteiger partial charge in [0.2, 0.25) is 0 Å². The molecule has 1 aliphatic rings. The molecular formula is C16H22BrN3O. The fraction of sp³-hybridized carbons (Fsp3) is 0.500. The van der Waals surface area contributed by atoms with Gasteiger partial charge in [-0.2, -0.15) is 0 Å². The molecule has 3 rings (SSSR count). The molecule has 0 amide bonds. The van der Waals surface area contributed by atoms with E-state index in [4.69, 9.17) is 0 Å². The van der Waals surface area contributed by atoms with E-state index in [9.17, 15) is 4.79 Å². The number of halogens is 1. The summed E-state index contributed by atoms with van der Waals surface area (Å²) in [7, 11) is 0. The highest BCUT2D eigenvalue weighted by Gasteiger charge is 2.30. The lowest BCUT2D eigenvalue weighted by atomic mass is 9.91. The van der Waals surface area contributed by atoms with E-state index >= 15 is 0 Å². The first-order valence-electron chi connectivity index (χ1n) is 7.27. The Hall–Kier alpha value is -1.36. The average Bonchev–Trinajstić information content (AvgIpc) is 2.73. The van der Waals surface area contributed by atoms with Crippen LogP contribution in [-0.2, 0) is 17.9 Å². The van der Waals surface area contributed by atoms with Crippen LogP contribution in [0.15, 0.2) is 24.3 Å². The number of carbonyl (C=O) groups is 1. The van der Waals surface area contributed by atoms with Gasteiger partial charge in [-0.15, -0.1) is 0 Å². The van der Waals surface area contributed by atoms with Crippen LogP contribution >= 0.6 is 0 Å². The number of aryl methyl sites for hydroxylation is 1. The molecule has 1 aromatic heterocycles. The van der Waals surface area contributed by atoms with Crippen LogP contribution in [0, 0.1) is 5.41 Å². The van der Waals surface area contributed by atoms with Crippen LogP contribution in [0.5, 0.6) is 0 Å². The van der Waals surface area contributed by atoms with Gasteiger partial charge >= 0.3 is 5.95 Å². The van der Waals surface area contributed by atoms with Crippen LogP contribution in [0.25, 0.3) is 11.0 Å². The minimum Gasteiger partial charge on any atom is -1.00 e. The Kier molecular flexibility index (Phi) is 4.42. The normalized spacial score (nSPS) is 14.2. The van der Waals surface area contributed by atoms with Crippen molar-refractivity contribution in [2.45, 2.75) is 40.3 Å². The van der Waals surface area contributed by atoms with Crippen LogP contribution in [0.3, 0.4) is 0 Å². The molecular weight excluding hydrogens is 330 g/mol.